The van der Waals surface area contributed by atoms with Crippen molar-refractivity contribution in [1.82, 2.24) is 15.2 Å². The first-order chi connectivity index (χ1) is 8.27. The van der Waals surface area contributed by atoms with Gasteiger partial charge in [0.15, 0.2) is 0 Å². The molecule has 0 radical (unpaired) electrons. The maximum Gasteiger partial charge on any atom is 0.253 e. The van der Waals surface area contributed by atoms with Crippen molar-refractivity contribution in [2.75, 3.05) is 20.1 Å². The van der Waals surface area contributed by atoms with E-state index in [-0.39, 0.29) is 5.91 Å². The van der Waals surface area contributed by atoms with E-state index in [1.54, 1.807) is 29.4 Å². The molecule has 0 bridgehead atoms. The van der Waals surface area contributed by atoms with Crippen LogP contribution in [0.5, 0.6) is 0 Å². The van der Waals surface area contributed by atoms with Gasteiger partial charge in [-0.2, -0.15) is 0 Å². The van der Waals surface area contributed by atoms with Gasteiger partial charge in [-0.1, -0.05) is 6.42 Å². The van der Waals surface area contributed by atoms with Crippen molar-refractivity contribution in [3.05, 3.63) is 30.1 Å². The Morgan fingerprint density at radius 2 is 2.24 bits per heavy atom. The zero-order valence-corrected chi connectivity index (χ0v) is 10.2. The van der Waals surface area contributed by atoms with Crippen molar-refractivity contribution in [1.29, 1.82) is 0 Å². The van der Waals surface area contributed by atoms with E-state index in [9.17, 15) is 4.79 Å². The number of hydrogen-bond donors (Lipinski definition) is 1. The third-order valence-electron chi connectivity index (χ3n) is 3.18. The Morgan fingerprint density at radius 1 is 1.47 bits per heavy atom. The van der Waals surface area contributed by atoms with Gasteiger partial charge in [-0.3, -0.25) is 9.78 Å². The number of carbonyl (C=O) groups is 1. The van der Waals surface area contributed by atoms with E-state index in [4.69, 9.17) is 0 Å². The number of nitrogens with zero attached hydrogens (tertiary/aromatic N) is 2. The van der Waals surface area contributed by atoms with Crippen LogP contribution < -0.4 is 5.32 Å². The van der Waals surface area contributed by atoms with Crippen LogP contribution in [0.2, 0.25) is 0 Å². The standard InChI is InChI=1S/C13H19N3O/c1-16(10-12-4-2-3-7-15-12)13(17)11-5-8-14-9-6-11/h5-6,8-9,12,15H,2-4,7,10H2,1H3. The molecule has 1 amide bonds. The molecule has 2 heterocycles. The molecule has 1 unspecified atom stereocenters. The molecule has 1 aromatic heterocycles. The van der Waals surface area contributed by atoms with E-state index in [1.165, 1.54) is 12.8 Å². The third kappa shape index (κ3) is 3.27. The second kappa shape index (κ2) is 5.77. The van der Waals surface area contributed by atoms with Crippen molar-refractivity contribution >= 4 is 5.91 Å². The summed E-state index contributed by atoms with van der Waals surface area (Å²) in [6, 6.07) is 3.96. The van der Waals surface area contributed by atoms with Gasteiger partial charge >= 0.3 is 0 Å². The summed E-state index contributed by atoms with van der Waals surface area (Å²) in [5, 5.41) is 3.45. The number of pyridine rings is 1. The fraction of sp³-hybridized carbons (Fsp3) is 0.538. The van der Waals surface area contributed by atoms with E-state index >= 15 is 0 Å². The Hall–Kier alpha value is -1.42. The largest absolute Gasteiger partial charge is 0.340 e. The summed E-state index contributed by atoms with van der Waals surface area (Å²) in [6.45, 7) is 1.85. The van der Waals surface area contributed by atoms with E-state index in [1.807, 2.05) is 7.05 Å². The van der Waals surface area contributed by atoms with E-state index in [2.05, 4.69) is 10.3 Å². The van der Waals surface area contributed by atoms with Gasteiger partial charge in [-0.25, -0.2) is 0 Å². The Morgan fingerprint density at radius 3 is 2.88 bits per heavy atom. The van der Waals surface area contributed by atoms with Crippen LogP contribution in [0, 0.1) is 0 Å². The van der Waals surface area contributed by atoms with Gasteiger partial charge in [0, 0.05) is 37.6 Å². The van der Waals surface area contributed by atoms with Crippen LogP contribution in [0.25, 0.3) is 0 Å². The summed E-state index contributed by atoms with van der Waals surface area (Å²) < 4.78 is 0. The first-order valence-electron chi connectivity index (χ1n) is 6.16. The number of carbonyl (C=O) groups excluding carboxylic acids is 1. The van der Waals surface area contributed by atoms with Crippen LogP contribution in [-0.2, 0) is 0 Å². The lowest BCUT2D eigenvalue weighted by Crippen LogP contribution is -2.44. The predicted molar refractivity (Wildman–Crippen MR) is 66.8 cm³/mol. The van der Waals surface area contributed by atoms with Crippen LogP contribution in [-0.4, -0.2) is 42.0 Å². The summed E-state index contributed by atoms with van der Waals surface area (Å²) in [6.07, 6.45) is 6.97. The molecule has 17 heavy (non-hydrogen) atoms. The van der Waals surface area contributed by atoms with Crippen LogP contribution in [0.4, 0.5) is 0 Å². The second-order valence-electron chi connectivity index (χ2n) is 4.57. The van der Waals surface area contributed by atoms with E-state index in [0.29, 0.717) is 11.6 Å². The SMILES string of the molecule is CN(CC1CCCCN1)C(=O)c1ccncc1. The summed E-state index contributed by atoms with van der Waals surface area (Å²) in [5.41, 5.74) is 0.707. The van der Waals surface area contributed by atoms with E-state index < -0.39 is 0 Å². The Labute approximate surface area is 102 Å². The summed E-state index contributed by atoms with van der Waals surface area (Å²) in [4.78, 5) is 17.8. The minimum absolute atomic E-state index is 0.0692. The molecule has 1 aliphatic rings. The highest BCUT2D eigenvalue weighted by molar-refractivity contribution is 5.93. The number of hydrogen-bond acceptors (Lipinski definition) is 3. The van der Waals surface area contributed by atoms with Crippen molar-refractivity contribution in [2.45, 2.75) is 25.3 Å². The van der Waals surface area contributed by atoms with Crippen molar-refractivity contribution in [2.24, 2.45) is 0 Å². The maximum absolute atomic E-state index is 12.1. The molecule has 1 fully saturated rings. The van der Waals surface area contributed by atoms with Gasteiger partial charge < -0.3 is 10.2 Å². The first-order valence-corrected chi connectivity index (χ1v) is 6.16. The lowest BCUT2D eigenvalue weighted by Gasteiger charge is -2.28. The second-order valence-corrected chi connectivity index (χ2v) is 4.57. The van der Waals surface area contributed by atoms with Crippen LogP contribution in [0.3, 0.4) is 0 Å². The maximum atomic E-state index is 12.1. The molecule has 1 atom stereocenters. The van der Waals surface area contributed by atoms with Gasteiger partial charge in [0.05, 0.1) is 0 Å². The Balaban J connectivity index is 1.91. The average Bonchev–Trinajstić information content (AvgIpc) is 2.40. The molecule has 1 aromatic rings. The van der Waals surface area contributed by atoms with Gasteiger partial charge in [0.1, 0.15) is 0 Å². The van der Waals surface area contributed by atoms with Crippen molar-refractivity contribution < 1.29 is 4.79 Å². The third-order valence-corrected chi connectivity index (χ3v) is 3.18. The van der Waals surface area contributed by atoms with Crippen molar-refractivity contribution in [3.8, 4) is 0 Å². The highest BCUT2D eigenvalue weighted by Crippen LogP contribution is 2.09. The number of amides is 1. The summed E-state index contributed by atoms with van der Waals surface area (Å²) in [7, 11) is 1.86. The smallest absolute Gasteiger partial charge is 0.253 e. The van der Waals surface area contributed by atoms with Crippen LogP contribution >= 0.6 is 0 Å². The quantitative estimate of drug-likeness (QED) is 0.855. The molecular formula is C13H19N3O. The van der Waals surface area contributed by atoms with Gasteiger partial charge in [-0.05, 0) is 31.5 Å². The lowest BCUT2D eigenvalue weighted by molar-refractivity contribution is 0.0775. The topological polar surface area (TPSA) is 45.2 Å². The molecule has 4 heteroatoms. The van der Waals surface area contributed by atoms with Crippen LogP contribution in [0.15, 0.2) is 24.5 Å². The number of piperidine rings is 1. The summed E-state index contributed by atoms with van der Waals surface area (Å²) in [5.74, 6) is 0.0692. The molecule has 0 aromatic carbocycles. The lowest BCUT2D eigenvalue weighted by atomic mass is 10.0. The molecule has 1 aliphatic heterocycles. The summed E-state index contributed by atoms with van der Waals surface area (Å²) >= 11 is 0. The molecule has 0 saturated carbocycles. The fourth-order valence-corrected chi connectivity index (χ4v) is 2.21. The van der Waals surface area contributed by atoms with Gasteiger partial charge in [-0.15, -0.1) is 0 Å². The average molecular weight is 233 g/mol. The van der Waals surface area contributed by atoms with Crippen LogP contribution in [0.1, 0.15) is 29.6 Å². The van der Waals surface area contributed by atoms with Crippen molar-refractivity contribution in [3.63, 3.8) is 0 Å². The fourth-order valence-electron chi connectivity index (χ4n) is 2.21. The molecule has 1 N–H and O–H groups in total. The number of rotatable bonds is 3. The monoisotopic (exact) mass is 233 g/mol. The molecule has 2 rings (SSSR count). The minimum atomic E-state index is 0.0692. The predicted octanol–water partition coefficient (Wildman–Crippen LogP) is 1.30. The molecule has 1 saturated heterocycles. The number of likely N-dealkylation sites (N-methyl/N-ethyl adjacent to an activating group) is 1. The zero-order valence-electron chi connectivity index (χ0n) is 10.2. The number of nitrogens with one attached hydrogen (secondary N) is 1. The Bertz CT molecular complexity index is 360. The van der Waals surface area contributed by atoms with Gasteiger partial charge in [0.2, 0.25) is 0 Å². The zero-order chi connectivity index (χ0) is 12.1. The first kappa shape index (κ1) is 12.0. The highest BCUT2D eigenvalue weighted by Gasteiger charge is 2.18. The Kier molecular flexibility index (Phi) is 4.09. The number of aromatic nitrogens is 1. The molecule has 0 spiro atoms. The van der Waals surface area contributed by atoms with Gasteiger partial charge in [0.25, 0.3) is 5.91 Å². The normalized spacial score (nSPS) is 19.9. The minimum Gasteiger partial charge on any atom is -0.340 e. The molecular weight excluding hydrogens is 214 g/mol. The molecule has 0 aliphatic carbocycles. The van der Waals surface area contributed by atoms with E-state index in [0.717, 1.165) is 19.5 Å². The highest BCUT2D eigenvalue weighted by atomic mass is 16.2. The molecule has 92 valence electrons. The molecule has 4 nitrogen and oxygen atoms in total.